The first-order valence-corrected chi connectivity index (χ1v) is 17.7. The summed E-state index contributed by atoms with van der Waals surface area (Å²) in [6.07, 6.45) is 5.06. The number of β-lactam (4-membered cyclic amide) rings is 1. The standard InChI is InChI=1S/C32H27N9O6S3/c1-3-14-40-37-32(36-39-40)49-16-21-15-48-29-24(35-27(43)23(38-46-2)22-17-50-31(34-22)33-18-42)28(44)41(29)25(21)30(45)47-26(19-10-6-4-7-11-19)20-12-8-5-9-13-20/h1,4-13,17-18,24,26,29H,14-16H2,2H3,(H,35,43)(H,33,34,42)/t24?,29-/m0/s1. The van der Waals surface area contributed by atoms with Crippen LogP contribution in [0.25, 0.3) is 0 Å². The smallest absolute Gasteiger partial charge is 0.356 e. The summed E-state index contributed by atoms with van der Waals surface area (Å²) in [5.74, 6) is 1.09. The fraction of sp³-hybridized carbons (Fsp3) is 0.219. The van der Waals surface area contributed by atoms with Gasteiger partial charge in [0, 0.05) is 16.9 Å². The molecular formula is C32H27N9O6S3. The molecule has 2 aliphatic rings. The van der Waals surface area contributed by atoms with Crippen LogP contribution in [0.3, 0.4) is 0 Å². The average molecular weight is 730 g/mol. The molecule has 2 aliphatic heterocycles. The molecule has 15 nitrogen and oxygen atoms in total. The van der Waals surface area contributed by atoms with Gasteiger partial charge in [-0.05, 0) is 21.9 Å². The molecule has 2 aromatic heterocycles. The maximum absolute atomic E-state index is 14.2. The Balaban J connectivity index is 1.27. The van der Waals surface area contributed by atoms with Crippen molar-refractivity contribution in [3.63, 3.8) is 0 Å². The van der Waals surface area contributed by atoms with Crippen LogP contribution in [0.4, 0.5) is 5.13 Å². The van der Waals surface area contributed by atoms with Crippen molar-refractivity contribution in [2.24, 2.45) is 5.16 Å². The Bertz CT molecular complexity index is 1950. The van der Waals surface area contributed by atoms with E-state index in [0.717, 1.165) is 22.5 Å². The number of esters is 1. The van der Waals surface area contributed by atoms with Crippen molar-refractivity contribution >= 4 is 69.9 Å². The molecule has 50 heavy (non-hydrogen) atoms. The maximum Gasteiger partial charge on any atom is 0.356 e. The molecule has 0 aliphatic carbocycles. The lowest BCUT2D eigenvalue weighted by molar-refractivity contribution is -0.154. The lowest BCUT2D eigenvalue weighted by atomic mass is 10.0. The zero-order valence-electron chi connectivity index (χ0n) is 26.2. The van der Waals surface area contributed by atoms with Gasteiger partial charge in [-0.2, -0.15) is 4.80 Å². The van der Waals surface area contributed by atoms with E-state index in [1.807, 2.05) is 60.7 Å². The fourth-order valence-electron chi connectivity index (χ4n) is 5.12. The van der Waals surface area contributed by atoms with Crippen LogP contribution >= 0.6 is 34.9 Å². The number of thioether (sulfide) groups is 2. The normalized spacial score (nSPS) is 17.0. The van der Waals surface area contributed by atoms with Gasteiger partial charge < -0.3 is 20.2 Å². The number of thiazole rings is 1. The van der Waals surface area contributed by atoms with Crippen LogP contribution in [-0.2, 0) is 35.3 Å². The zero-order chi connectivity index (χ0) is 35.0. The number of oxime groups is 1. The molecule has 0 bridgehead atoms. The molecule has 0 spiro atoms. The number of aromatic nitrogens is 5. The molecular weight excluding hydrogens is 703 g/mol. The van der Waals surface area contributed by atoms with E-state index in [-0.39, 0.29) is 34.5 Å². The van der Waals surface area contributed by atoms with E-state index in [0.29, 0.717) is 22.9 Å². The van der Waals surface area contributed by atoms with Gasteiger partial charge in [0.05, 0.1) is 0 Å². The predicted molar refractivity (Wildman–Crippen MR) is 186 cm³/mol. The van der Waals surface area contributed by atoms with Crippen molar-refractivity contribution in [2.75, 3.05) is 23.9 Å². The summed E-state index contributed by atoms with van der Waals surface area (Å²) in [5.41, 5.74) is 2.14. The number of carbonyl (C=O) groups excluding carboxylic acids is 4. The van der Waals surface area contributed by atoms with Crippen molar-refractivity contribution < 1.29 is 28.8 Å². The van der Waals surface area contributed by atoms with E-state index in [4.69, 9.17) is 16.0 Å². The van der Waals surface area contributed by atoms with E-state index in [1.54, 1.807) is 0 Å². The largest absolute Gasteiger partial charge is 0.448 e. The first-order chi connectivity index (χ1) is 24.4. The summed E-state index contributed by atoms with van der Waals surface area (Å²) in [6, 6.07) is 17.6. The summed E-state index contributed by atoms with van der Waals surface area (Å²) in [4.78, 5) is 64.0. The Hall–Kier alpha value is -5.51. The lowest BCUT2D eigenvalue weighted by Gasteiger charge is -2.49. The van der Waals surface area contributed by atoms with E-state index in [9.17, 15) is 19.2 Å². The molecule has 2 N–H and O–H groups in total. The van der Waals surface area contributed by atoms with Gasteiger partial charge in [0.1, 0.15) is 36.5 Å². The average Bonchev–Trinajstić information content (AvgIpc) is 3.80. The summed E-state index contributed by atoms with van der Waals surface area (Å²) in [7, 11) is 1.27. The zero-order valence-corrected chi connectivity index (χ0v) is 28.6. The Labute approximate surface area is 297 Å². The second-order valence-corrected chi connectivity index (χ2v) is 13.3. The van der Waals surface area contributed by atoms with Crippen LogP contribution in [0.1, 0.15) is 22.9 Å². The van der Waals surface area contributed by atoms with Gasteiger partial charge in [0.2, 0.25) is 11.6 Å². The minimum absolute atomic E-state index is 0.0829. The number of carbonyl (C=O) groups is 4. The molecule has 2 aromatic carbocycles. The number of rotatable bonds is 14. The highest BCUT2D eigenvalue weighted by Gasteiger charge is 2.55. The molecule has 2 atom stereocenters. The highest BCUT2D eigenvalue weighted by atomic mass is 32.2. The summed E-state index contributed by atoms with van der Waals surface area (Å²) in [6.45, 7) is 0.150. The number of benzene rings is 2. The summed E-state index contributed by atoms with van der Waals surface area (Å²) in [5, 5.41) is 22.6. The third-order valence-corrected chi connectivity index (χ3v) is 10.4. The van der Waals surface area contributed by atoms with Gasteiger partial charge in [0.25, 0.3) is 11.8 Å². The van der Waals surface area contributed by atoms with E-state index >= 15 is 0 Å². The second-order valence-electron chi connectivity index (χ2n) is 10.4. The third kappa shape index (κ3) is 7.39. The Kier molecular flexibility index (Phi) is 10.9. The molecule has 4 aromatic rings. The van der Waals surface area contributed by atoms with Gasteiger partial charge in [-0.25, -0.2) is 9.78 Å². The predicted octanol–water partition coefficient (Wildman–Crippen LogP) is 2.46. The van der Waals surface area contributed by atoms with E-state index in [1.165, 1.54) is 45.7 Å². The van der Waals surface area contributed by atoms with Crippen LogP contribution in [-0.4, -0.2) is 90.0 Å². The van der Waals surface area contributed by atoms with Crippen LogP contribution < -0.4 is 10.6 Å². The number of amides is 3. The van der Waals surface area contributed by atoms with Crippen LogP contribution in [0.2, 0.25) is 0 Å². The number of terminal acetylenes is 1. The third-order valence-electron chi connectivity index (χ3n) is 7.33. The fourth-order valence-corrected chi connectivity index (χ4v) is 8.04. The summed E-state index contributed by atoms with van der Waals surface area (Å²) >= 11 is 3.70. The van der Waals surface area contributed by atoms with Gasteiger partial charge in [-0.15, -0.1) is 39.7 Å². The minimum atomic E-state index is -0.998. The van der Waals surface area contributed by atoms with Crippen molar-refractivity contribution in [3.05, 3.63) is 94.1 Å². The van der Waals surface area contributed by atoms with Gasteiger partial charge in [-0.3, -0.25) is 19.3 Å². The molecule has 1 saturated heterocycles. The number of fused-ring (bicyclic) bond motifs is 1. The van der Waals surface area contributed by atoms with Crippen molar-refractivity contribution in [2.45, 2.75) is 29.2 Å². The highest BCUT2D eigenvalue weighted by molar-refractivity contribution is 8.01. The topological polar surface area (TPSA) is 183 Å². The molecule has 18 heteroatoms. The number of ether oxygens (including phenoxy) is 1. The molecule has 0 saturated carbocycles. The summed E-state index contributed by atoms with van der Waals surface area (Å²) < 4.78 is 6.21. The van der Waals surface area contributed by atoms with Crippen LogP contribution in [0.15, 0.2) is 87.6 Å². The first-order valence-electron chi connectivity index (χ1n) is 14.8. The monoisotopic (exact) mass is 729 g/mol. The molecule has 3 amide bonds. The molecule has 1 unspecified atom stereocenters. The maximum atomic E-state index is 14.2. The van der Waals surface area contributed by atoms with E-state index in [2.05, 4.69) is 42.1 Å². The number of hydrogen-bond acceptors (Lipinski definition) is 14. The van der Waals surface area contributed by atoms with Crippen molar-refractivity contribution in [1.82, 2.24) is 35.4 Å². The van der Waals surface area contributed by atoms with Crippen LogP contribution in [0.5, 0.6) is 0 Å². The molecule has 254 valence electrons. The van der Waals surface area contributed by atoms with Gasteiger partial charge in [0.15, 0.2) is 16.9 Å². The molecule has 0 radical (unpaired) electrons. The Morgan fingerprint density at radius 1 is 1.18 bits per heavy atom. The lowest BCUT2D eigenvalue weighted by Crippen LogP contribution is -2.71. The minimum Gasteiger partial charge on any atom is -0.448 e. The van der Waals surface area contributed by atoms with Crippen molar-refractivity contribution in [3.8, 4) is 12.3 Å². The molecule has 6 rings (SSSR count). The molecule has 4 heterocycles. The van der Waals surface area contributed by atoms with Crippen LogP contribution in [0, 0.1) is 12.3 Å². The van der Waals surface area contributed by atoms with Crippen molar-refractivity contribution in [1.29, 1.82) is 0 Å². The highest BCUT2D eigenvalue weighted by Crippen LogP contribution is 2.42. The number of tetrazole rings is 1. The Morgan fingerprint density at radius 2 is 1.90 bits per heavy atom. The second kappa shape index (κ2) is 15.8. The number of hydrogen-bond donors (Lipinski definition) is 2. The first kappa shape index (κ1) is 34.4. The molecule has 1 fully saturated rings. The quantitative estimate of drug-likeness (QED) is 0.0369. The van der Waals surface area contributed by atoms with Gasteiger partial charge >= 0.3 is 5.97 Å². The Morgan fingerprint density at radius 3 is 2.56 bits per heavy atom. The number of nitrogens with zero attached hydrogens (tertiary/aromatic N) is 7. The van der Waals surface area contributed by atoms with E-state index < -0.39 is 35.3 Å². The van der Waals surface area contributed by atoms with Gasteiger partial charge in [-0.1, -0.05) is 83.5 Å². The SMILES string of the molecule is C#CCn1nnc(SCC2=C(C(=O)OC(c3ccccc3)c3ccccc3)N3C(=O)C(NC(=O)C(=NOC)c4csc(NC=O)n4)[C@@H]3SC2)n1. The number of anilines is 1. The number of nitrogens with one attached hydrogen (secondary N) is 2.